The summed E-state index contributed by atoms with van der Waals surface area (Å²) in [6.45, 7) is 3.11. The normalized spacial score (nSPS) is 14.0. The lowest BCUT2D eigenvalue weighted by molar-refractivity contribution is 0.215. The fourth-order valence-corrected chi connectivity index (χ4v) is 3.15. The van der Waals surface area contributed by atoms with Crippen LogP contribution in [0.4, 0.5) is 0 Å². The van der Waals surface area contributed by atoms with Crippen LogP contribution in [0.15, 0.2) is 66.0 Å². The van der Waals surface area contributed by atoms with Crippen LogP contribution in [0.3, 0.4) is 0 Å². The van der Waals surface area contributed by atoms with Crippen molar-refractivity contribution in [2.45, 2.75) is 71.1 Å². The molecule has 1 aliphatic rings. The molecule has 0 amide bonds. The van der Waals surface area contributed by atoms with E-state index in [1.807, 2.05) is 0 Å². The van der Waals surface area contributed by atoms with Crippen molar-refractivity contribution in [2.75, 3.05) is 6.61 Å². The van der Waals surface area contributed by atoms with Crippen molar-refractivity contribution in [1.82, 2.24) is 0 Å². The van der Waals surface area contributed by atoms with Gasteiger partial charge in [-0.25, -0.2) is 0 Å². The summed E-state index contributed by atoms with van der Waals surface area (Å²) in [5, 5.41) is 0. The zero-order valence-electron chi connectivity index (χ0n) is 15.9. The molecule has 25 heavy (non-hydrogen) atoms. The summed E-state index contributed by atoms with van der Waals surface area (Å²) in [6.07, 6.45) is 21.2. The Kier molecular flexibility index (Phi) is 9.84. The maximum absolute atomic E-state index is 5.99. The van der Waals surface area contributed by atoms with Crippen LogP contribution in [0.25, 0.3) is 0 Å². The molecule has 0 spiro atoms. The summed E-state index contributed by atoms with van der Waals surface area (Å²) in [7, 11) is 0. The van der Waals surface area contributed by atoms with E-state index >= 15 is 0 Å². The number of allylic oxidation sites excluding steroid dienone is 5. The zero-order chi connectivity index (χ0) is 17.6. The third-order valence-corrected chi connectivity index (χ3v) is 4.66. The van der Waals surface area contributed by atoms with Gasteiger partial charge >= 0.3 is 0 Å². The third-order valence-electron chi connectivity index (χ3n) is 4.66. The molecule has 0 aliphatic heterocycles. The zero-order valence-corrected chi connectivity index (χ0v) is 15.9. The van der Waals surface area contributed by atoms with E-state index in [9.17, 15) is 0 Å². The Morgan fingerprint density at radius 3 is 2.52 bits per heavy atom. The summed E-state index contributed by atoms with van der Waals surface area (Å²) >= 11 is 0. The number of unbranched alkanes of at least 4 members (excludes halogenated alkanes) is 5. The monoisotopic (exact) mass is 338 g/mol. The summed E-state index contributed by atoms with van der Waals surface area (Å²) in [6, 6.07) is 10.8. The second kappa shape index (κ2) is 12.6. The largest absolute Gasteiger partial charge is 0.494 e. The van der Waals surface area contributed by atoms with Gasteiger partial charge < -0.3 is 4.74 Å². The molecule has 1 aliphatic carbocycles. The fourth-order valence-electron chi connectivity index (χ4n) is 3.15. The van der Waals surface area contributed by atoms with Crippen LogP contribution in [-0.2, 0) is 11.2 Å². The number of benzene rings is 1. The minimum Gasteiger partial charge on any atom is -0.494 e. The minimum atomic E-state index is 0.854. The highest BCUT2D eigenvalue weighted by Gasteiger charge is 2.02. The maximum atomic E-state index is 5.99. The van der Waals surface area contributed by atoms with E-state index in [1.165, 1.54) is 62.5 Å². The molecule has 2 rings (SSSR count). The van der Waals surface area contributed by atoms with Gasteiger partial charge in [0.2, 0.25) is 0 Å². The molecule has 0 saturated heterocycles. The molecular formula is C24H34O. The summed E-state index contributed by atoms with van der Waals surface area (Å²) < 4.78 is 5.99. The molecule has 1 heteroatoms. The van der Waals surface area contributed by atoms with Gasteiger partial charge in [0.1, 0.15) is 5.76 Å². The minimum absolute atomic E-state index is 0.854. The van der Waals surface area contributed by atoms with Gasteiger partial charge in [0.05, 0.1) is 6.61 Å². The van der Waals surface area contributed by atoms with Crippen molar-refractivity contribution in [1.29, 1.82) is 0 Å². The average molecular weight is 339 g/mol. The van der Waals surface area contributed by atoms with E-state index in [1.54, 1.807) is 0 Å². The second-order valence-corrected chi connectivity index (χ2v) is 6.92. The molecular weight excluding hydrogens is 304 g/mol. The molecule has 0 unspecified atom stereocenters. The lowest BCUT2D eigenvalue weighted by Crippen LogP contribution is -1.94. The van der Waals surface area contributed by atoms with Crippen molar-refractivity contribution in [3.8, 4) is 0 Å². The number of hydrogen-bond donors (Lipinski definition) is 0. The number of hydrogen-bond acceptors (Lipinski definition) is 1. The highest BCUT2D eigenvalue weighted by molar-refractivity contribution is 5.30. The van der Waals surface area contributed by atoms with Crippen molar-refractivity contribution in [3.05, 3.63) is 71.5 Å². The Morgan fingerprint density at radius 1 is 0.880 bits per heavy atom. The lowest BCUT2D eigenvalue weighted by atomic mass is 10.0. The first-order valence-electron chi connectivity index (χ1n) is 10.1. The van der Waals surface area contributed by atoms with Gasteiger partial charge in [0.15, 0.2) is 0 Å². The van der Waals surface area contributed by atoms with Crippen molar-refractivity contribution >= 4 is 0 Å². The van der Waals surface area contributed by atoms with Gasteiger partial charge in [-0.05, 0) is 61.8 Å². The molecule has 0 fully saturated rings. The quantitative estimate of drug-likeness (QED) is 0.367. The number of aryl methyl sites for hydroxylation is 1. The van der Waals surface area contributed by atoms with Crippen LogP contribution < -0.4 is 0 Å². The molecule has 0 saturated carbocycles. The van der Waals surface area contributed by atoms with Gasteiger partial charge in [-0.2, -0.15) is 0 Å². The molecule has 0 bridgehead atoms. The van der Waals surface area contributed by atoms with Gasteiger partial charge in [-0.3, -0.25) is 0 Å². The van der Waals surface area contributed by atoms with Gasteiger partial charge in [-0.1, -0.05) is 75.1 Å². The average Bonchev–Trinajstić information content (AvgIpc) is 2.88. The molecule has 1 aromatic rings. The molecule has 0 heterocycles. The first kappa shape index (κ1) is 19.6. The van der Waals surface area contributed by atoms with E-state index < -0.39 is 0 Å². The van der Waals surface area contributed by atoms with Crippen molar-refractivity contribution in [3.63, 3.8) is 0 Å². The summed E-state index contributed by atoms with van der Waals surface area (Å²) in [5.74, 6) is 1.07. The van der Waals surface area contributed by atoms with Crippen LogP contribution in [0.1, 0.15) is 70.3 Å². The van der Waals surface area contributed by atoms with E-state index in [0.717, 1.165) is 25.2 Å². The standard InChI is InChI=1S/C24H34O/c1-2-3-4-5-13-20-25-24-19-12-11-18-23(21-24)17-10-9-16-22-14-7-6-8-15-22/h6-8,11,14-15,18-19,21H,2-5,9-10,12-13,16-17,20H2,1H3. The fraction of sp³-hybridized carbons (Fsp3) is 0.500. The molecule has 0 aromatic heterocycles. The van der Waals surface area contributed by atoms with E-state index in [2.05, 4.69) is 61.6 Å². The van der Waals surface area contributed by atoms with Gasteiger partial charge in [0.25, 0.3) is 0 Å². The lowest BCUT2D eigenvalue weighted by Gasteiger charge is -2.08. The van der Waals surface area contributed by atoms with E-state index in [4.69, 9.17) is 4.74 Å². The SMILES string of the molecule is CCCCCCCOC1=CCC=CC(CCCCc2ccccc2)=C1. The van der Waals surface area contributed by atoms with Crippen LogP contribution in [-0.4, -0.2) is 6.61 Å². The van der Waals surface area contributed by atoms with Gasteiger partial charge in [0, 0.05) is 0 Å². The Bertz CT molecular complexity index is 551. The van der Waals surface area contributed by atoms with E-state index in [-0.39, 0.29) is 0 Å². The Morgan fingerprint density at radius 2 is 1.68 bits per heavy atom. The third kappa shape index (κ3) is 8.77. The molecule has 1 aromatic carbocycles. The van der Waals surface area contributed by atoms with Gasteiger partial charge in [-0.15, -0.1) is 0 Å². The second-order valence-electron chi connectivity index (χ2n) is 6.92. The first-order chi connectivity index (χ1) is 12.4. The summed E-state index contributed by atoms with van der Waals surface area (Å²) in [5.41, 5.74) is 2.85. The first-order valence-corrected chi connectivity index (χ1v) is 10.1. The molecule has 136 valence electrons. The Hall–Kier alpha value is -1.76. The molecule has 1 nitrogen and oxygen atoms in total. The highest BCUT2D eigenvalue weighted by Crippen LogP contribution is 2.18. The van der Waals surface area contributed by atoms with Crippen LogP contribution in [0, 0.1) is 0 Å². The van der Waals surface area contributed by atoms with Crippen LogP contribution in [0.2, 0.25) is 0 Å². The predicted octanol–water partition coefficient (Wildman–Crippen LogP) is 7.16. The highest BCUT2D eigenvalue weighted by atomic mass is 16.5. The number of ether oxygens (including phenoxy) is 1. The van der Waals surface area contributed by atoms with Crippen LogP contribution in [0.5, 0.6) is 0 Å². The number of rotatable bonds is 12. The smallest absolute Gasteiger partial charge is 0.115 e. The Balaban J connectivity index is 1.66. The topological polar surface area (TPSA) is 9.23 Å². The van der Waals surface area contributed by atoms with Crippen LogP contribution >= 0.6 is 0 Å². The van der Waals surface area contributed by atoms with Crippen molar-refractivity contribution in [2.24, 2.45) is 0 Å². The van der Waals surface area contributed by atoms with E-state index in [0.29, 0.717) is 0 Å². The Labute approximate surface area is 154 Å². The maximum Gasteiger partial charge on any atom is 0.115 e. The molecule has 0 N–H and O–H groups in total. The summed E-state index contributed by atoms with van der Waals surface area (Å²) in [4.78, 5) is 0. The predicted molar refractivity (Wildman–Crippen MR) is 109 cm³/mol. The van der Waals surface area contributed by atoms with Crippen molar-refractivity contribution < 1.29 is 4.74 Å². The molecule has 0 radical (unpaired) electrons. The molecule has 0 atom stereocenters.